The predicted molar refractivity (Wildman–Crippen MR) is 59.1 cm³/mol. The number of H-pyrrole nitrogens is 1. The van der Waals surface area contributed by atoms with Gasteiger partial charge in [-0.05, 0) is 6.92 Å². The molecule has 92 valence electrons. The highest BCUT2D eigenvalue weighted by atomic mass is 16.5. The fraction of sp³-hybridized carbons (Fsp3) is 0.600. The number of aromatic nitrogens is 2. The number of aliphatic hydroxyl groups excluding tert-OH is 1. The van der Waals surface area contributed by atoms with Gasteiger partial charge >= 0.3 is 5.69 Å². The zero-order valence-corrected chi connectivity index (χ0v) is 9.27. The van der Waals surface area contributed by atoms with Gasteiger partial charge in [0.25, 0.3) is 5.56 Å². The van der Waals surface area contributed by atoms with Gasteiger partial charge in [0, 0.05) is 13.0 Å². The molecule has 3 heterocycles. The van der Waals surface area contributed by atoms with Crippen molar-refractivity contribution in [2.45, 2.75) is 31.8 Å². The second kappa shape index (κ2) is 3.44. The van der Waals surface area contributed by atoms with E-state index in [1.54, 1.807) is 6.92 Å². The fourth-order valence-corrected chi connectivity index (χ4v) is 2.39. The maximum Gasteiger partial charge on any atom is 0.332 e. The van der Waals surface area contributed by atoms with Crippen LogP contribution in [0.3, 0.4) is 0 Å². The molecule has 2 bridgehead atoms. The second-order valence-corrected chi connectivity index (χ2v) is 4.42. The molecule has 0 saturated carbocycles. The quantitative estimate of drug-likeness (QED) is 0.535. The average molecular weight is 239 g/mol. The summed E-state index contributed by atoms with van der Waals surface area (Å²) in [4.78, 5) is 25.5. The molecular formula is C10H13N3O4. The van der Waals surface area contributed by atoms with Gasteiger partial charge in [-0.25, -0.2) is 4.79 Å². The third-order valence-corrected chi connectivity index (χ3v) is 3.34. The van der Waals surface area contributed by atoms with Crippen molar-refractivity contribution in [1.29, 1.82) is 0 Å². The minimum absolute atomic E-state index is 0.339. The average Bonchev–Trinajstić information content (AvgIpc) is 2.51. The summed E-state index contributed by atoms with van der Waals surface area (Å²) in [7, 11) is 0. The summed E-state index contributed by atoms with van der Waals surface area (Å²) in [5.41, 5.74) is -0.454. The van der Waals surface area contributed by atoms with Crippen LogP contribution < -0.4 is 16.6 Å². The molecule has 3 N–H and O–H groups in total. The number of anilines is 1. The molecule has 7 heteroatoms. The number of ether oxygens (including phenoxy) is 1. The van der Waals surface area contributed by atoms with E-state index in [1.807, 2.05) is 0 Å². The minimum Gasteiger partial charge on any atom is -0.390 e. The van der Waals surface area contributed by atoms with Gasteiger partial charge < -0.3 is 15.2 Å². The van der Waals surface area contributed by atoms with Crippen LogP contribution in [0.15, 0.2) is 9.59 Å². The van der Waals surface area contributed by atoms with Crippen LogP contribution >= 0.6 is 0 Å². The minimum atomic E-state index is -0.584. The molecular weight excluding hydrogens is 226 g/mol. The van der Waals surface area contributed by atoms with Crippen molar-refractivity contribution in [3.8, 4) is 0 Å². The Morgan fingerprint density at radius 1 is 1.47 bits per heavy atom. The first kappa shape index (κ1) is 10.5. The number of aromatic amines is 1. The van der Waals surface area contributed by atoms with E-state index in [0.717, 1.165) is 0 Å². The molecule has 0 spiro atoms. The molecule has 1 saturated heterocycles. The predicted octanol–water partition coefficient (Wildman–Crippen LogP) is -1.08. The van der Waals surface area contributed by atoms with Crippen LogP contribution in [0.25, 0.3) is 0 Å². The van der Waals surface area contributed by atoms with E-state index in [9.17, 15) is 14.7 Å². The van der Waals surface area contributed by atoms with E-state index >= 15 is 0 Å². The Bertz CT molecular complexity index is 576. The number of nitrogens with one attached hydrogen (secondary N) is 2. The van der Waals surface area contributed by atoms with Crippen LogP contribution in [0.4, 0.5) is 5.82 Å². The van der Waals surface area contributed by atoms with Gasteiger partial charge in [0.05, 0.1) is 11.7 Å². The molecule has 0 amide bonds. The molecule has 3 atom stereocenters. The monoisotopic (exact) mass is 239 g/mol. The van der Waals surface area contributed by atoms with Crippen molar-refractivity contribution in [1.82, 2.24) is 9.55 Å². The number of nitrogens with zero attached hydrogens (tertiary/aromatic N) is 1. The van der Waals surface area contributed by atoms with Crippen molar-refractivity contribution in [2.75, 3.05) is 11.9 Å². The van der Waals surface area contributed by atoms with Gasteiger partial charge in [-0.2, -0.15) is 0 Å². The number of hydrogen-bond acceptors (Lipinski definition) is 5. The third kappa shape index (κ3) is 1.43. The lowest BCUT2D eigenvalue weighted by molar-refractivity contribution is -0.00662. The smallest absolute Gasteiger partial charge is 0.332 e. The lowest BCUT2D eigenvalue weighted by Crippen LogP contribution is -2.36. The normalized spacial score (nSPS) is 30.6. The number of aliphatic hydroxyl groups is 1. The van der Waals surface area contributed by atoms with Gasteiger partial charge in [0.1, 0.15) is 18.1 Å². The van der Waals surface area contributed by atoms with Crippen molar-refractivity contribution in [3.63, 3.8) is 0 Å². The molecule has 0 aliphatic carbocycles. The zero-order chi connectivity index (χ0) is 12.2. The Morgan fingerprint density at radius 2 is 2.24 bits per heavy atom. The first-order valence-electron chi connectivity index (χ1n) is 5.50. The van der Waals surface area contributed by atoms with Gasteiger partial charge in [-0.3, -0.25) is 14.3 Å². The largest absolute Gasteiger partial charge is 0.390 e. The van der Waals surface area contributed by atoms with Crippen molar-refractivity contribution < 1.29 is 9.84 Å². The van der Waals surface area contributed by atoms with Crippen molar-refractivity contribution >= 4 is 5.82 Å². The Morgan fingerprint density at radius 3 is 3.00 bits per heavy atom. The molecule has 2 aliphatic rings. The van der Waals surface area contributed by atoms with Crippen LogP contribution in [-0.2, 0) is 4.74 Å². The molecule has 17 heavy (non-hydrogen) atoms. The molecule has 1 aromatic rings. The summed E-state index contributed by atoms with van der Waals surface area (Å²) in [5.74, 6) is 0.484. The molecule has 1 fully saturated rings. The summed E-state index contributed by atoms with van der Waals surface area (Å²) in [6.45, 7) is 2.04. The number of hydrogen-bond donors (Lipinski definition) is 3. The maximum atomic E-state index is 11.8. The fourth-order valence-electron chi connectivity index (χ4n) is 2.39. The van der Waals surface area contributed by atoms with E-state index in [4.69, 9.17) is 4.74 Å². The molecule has 0 radical (unpaired) electrons. The lowest BCUT2D eigenvalue weighted by atomic mass is 10.1. The summed E-state index contributed by atoms with van der Waals surface area (Å²) in [6, 6.07) is 0. The Labute approximate surface area is 96.0 Å². The van der Waals surface area contributed by atoms with Crippen LogP contribution in [0.1, 0.15) is 18.2 Å². The summed E-state index contributed by atoms with van der Waals surface area (Å²) < 4.78 is 6.93. The summed E-state index contributed by atoms with van der Waals surface area (Å²) in [5, 5.41) is 12.7. The maximum absolute atomic E-state index is 11.8. The highest BCUT2D eigenvalue weighted by molar-refractivity contribution is 5.44. The molecule has 3 rings (SSSR count). The van der Waals surface area contributed by atoms with Gasteiger partial charge in [-0.1, -0.05) is 0 Å². The molecule has 0 aromatic carbocycles. The topological polar surface area (TPSA) is 96.4 Å². The Hall–Kier alpha value is -1.60. The van der Waals surface area contributed by atoms with Crippen molar-refractivity contribution in [3.05, 3.63) is 26.4 Å². The van der Waals surface area contributed by atoms with Gasteiger partial charge in [-0.15, -0.1) is 0 Å². The summed E-state index contributed by atoms with van der Waals surface area (Å²) in [6.07, 6.45) is -1.07. The van der Waals surface area contributed by atoms with E-state index in [0.29, 0.717) is 24.3 Å². The number of fused-ring (bicyclic) bond motifs is 4. The van der Waals surface area contributed by atoms with Crippen LogP contribution in [0.5, 0.6) is 0 Å². The van der Waals surface area contributed by atoms with Gasteiger partial charge in [0.2, 0.25) is 0 Å². The van der Waals surface area contributed by atoms with E-state index < -0.39 is 23.6 Å². The highest BCUT2D eigenvalue weighted by Crippen LogP contribution is 2.32. The molecule has 2 aliphatic heterocycles. The van der Waals surface area contributed by atoms with Gasteiger partial charge in [0.15, 0.2) is 0 Å². The Balaban J connectivity index is 2.23. The second-order valence-electron chi connectivity index (χ2n) is 4.42. The molecule has 1 aromatic heterocycles. The first-order chi connectivity index (χ1) is 8.08. The van der Waals surface area contributed by atoms with Crippen LogP contribution in [0, 0.1) is 6.92 Å². The highest BCUT2D eigenvalue weighted by Gasteiger charge is 2.39. The molecule has 7 nitrogen and oxygen atoms in total. The van der Waals surface area contributed by atoms with Crippen molar-refractivity contribution in [2.24, 2.45) is 0 Å². The SMILES string of the molecule is Cc1c2n(c(=O)[nH]c1=O)[C@H]1C[C@H](O)[C@@H](CN2)O1. The summed E-state index contributed by atoms with van der Waals surface area (Å²) >= 11 is 0. The molecule has 0 unspecified atom stereocenters. The standard InChI is InChI=1S/C10H13N3O4/c1-4-8-11-3-6-5(14)2-7(17-6)13(8)10(16)12-9(4)15/h5-7,11,14H,2-3H2,1H3,(H,12,15,16)/t5-,6+,7+/m0/s1. The zero-order valence-electron chi connectivity index (χ0n) is 9.27. The van der Waals surface area contributed by atoms with E-state index in [2.05, 4.69) is 10.3 Å². The Kier molecular flexibility index (Phi) is 2.14. The van der Waals surface area contributed by atoms with E-state index in [1.165, 1.54) is 4.57 Å². The van der Waals surface area contributed by atoms with E-state index in [-0.39, 0.29) is 6.10 Å². The van der Waals surface area contributed by atoms with Crippen LogP contribution in [-0.4, -0.2) is 33.4 Å². The first-order valence-corrected chi connectivity index (χ1v) is 5.50. The lowest BCUT2D eigenvalue weighted by Gasteiger charge is -2.18. The third-order valence-electron chi connectivity index (χ3n) is 3.34. The van der Waals surface area contributed by atoms with Crippen LogP contribution in [0.2, 0.25) is 0 Å². The number of rotatable bonds is 0.